The monoisotopic (exact) mass is 208 g/mol. The maximum atomic E-state index is 12.8. The zero-order valence-electron chi connectivity index (χ0n) is 8.04. The molecule has 78 valence electrons. The summed E-state index contributed by atoms with van der Waals surface area (Å²) in [6.07, 6.45) is -0.280. The molecule has 0 aliphatic carbocycles. The summed E-state index contributed by atoms with van der Waals surface area (Å²) in [6, 6.07) is 3.90. The molecule has 0 heterocycles. The lowest BCUT2D eigenvalue weighted by Gasteiger charge is -2.07. The van der Waals surface area contributed by atoms with E-state index < -0.39 is 17.5 Å². The number of carbonyl (C=O) groups is 1. The highest BCUT2D eigenvalue weighted by molar-refractivity contribution is 5.92. The first-order valence-corrected chi connectivity index (χ1v) is 4.20. The number of nitrogens with zero attached hydrogens (tertiary/aromatic N) is 1. The highest BCUT2D eigenvalue weighted by atomic mass is 19.1. The van der Waals surface area contributed by atoms with Gasteiger partial charge in [-0.1, -0.05) is 0 Å². The number of halogens is 1. The van der Waals surface area contributed by atoms with E-state index >= 15 is 0 Å². The summed E-state index contributed by atoms with van der Waals surface area (Å²) in [5.74, 6) is -1.77. The molecule has 0 fully saturated rings. The van der Waals surface area contributed by atoms with E-state index in [1.54, 1.807) is 13.0 Å². The van der Waals surface area contributed by atoms with Crippen molar-refractivity contribution >= 4 is 11.6 Å². The molecule has 15 heavy (non-hydrogen) atoms. The molecule has 4 nitrogen and oxygen atoms in total. The van der Waals surface area contributed by atoms with E-state index in [9.17, 15) is 9.18 Å². The molecule has 0 saturated carbocycles. The number of amides is 1. The van der Waals surface area contributed by atoms with Gasteiger partial charge in [0.2, 0.25) is 5.91 Å². The Morgan fingerprint density at radius 1 is 1.67 bits per heavy atom. The smallest absolute Gasteiger partial charge is 0.238 e. The molecule has 1 amide bonds. The zero-order chi connectivity index (χ0) is 11.4. The number of hydrogen-bond acceptors (Lipinski definition) is 3. The van der Waals surface area contributed by atoms with Crippen LogP contribution in [0.1, 0.15) is 12.0 Å². The van der Waals surface area contributed by atoms with Gasteiger partial charge in [0.25, 0.3) is 0 Å². The van der Waals surface area contributed by atoms with Crippen molar-refractivity contribution in [2.24, 2.45) is 0 Å². The van der Waals surface area contributed by atoms with Gasteiger partial charge in [-0.05, 0) is 18.6 Å². The lowest BCUT2D eigenvalue weighted by molar-refractivity contribution is -0.115. The van der Waals surface area contributed by atoms with E-state index in [0.29, 0.717) is 11.3 Å². The Hall–Kier alpha value is -2.09. The average molecular weight is 208 g/mol. The topological polar surface area (TPSA) is 73.1 Å². The van der Waals surface area contributed by atoms with Gasteiger partial charge in [0, 0.05) is 11.8 Å². The van der Waals surface area contributed by atoms with Gasteiger partial charge >= 0.3 is 0 Å². The fourth-order valence-electron chi connectivity index (χ4n) is 1.06. The van der Waals surface area contributed by atoms with Crippen LogP contribution in [0, 0.1) is 24.1 Å². The zero-order valence-corrected chi connectivity index (χ0v) is 8.04. The van der Waals surface area contributed by atoms with Gasteiger partial charge in [0.05, 0.1) is 6.07 Å². The second-order valence-electron chi connectivity index (χ2n) is 3.00. The number of rotatable bonds is 2. The molecule has 1 rings (SSSR count). The van der Waals surface area contributed by atoms with Gasteiger partial charge in [-0.3, -0.25) is 4.79 Å². The number of benzene rings is 1. The van der Waals surface area contributed by atoms with Crippen molar-refractivity contribution in [3.05, 3.63) is 23.5 Å². The molecule has 0 atom stereocenters. The molecule has 1 aromatic rings. The normalized spacial score (nSPS) is 9.40. The Kier molecular flexibility index (Phi) is 3.24. The van der Waals surface area contributed by atoms with Crippen LogP contribution >= 0.6 is 0 Å². The van der Waals surface area contributed by atoms with Gasteiger partial charge in [-0.25, -0.2) is 4.39 Å². The lowest BCUT2D eigenvalue weighted by atomic mass is 10.2. The molecule has 0 aliphatic heterocycles. The third-order valence-electron chi connectivity index (χ3n) is 1.81. The van der Waals surface area contributed by atoms with Gasteiger partial charge in [0.1, 0.15) is 6.42 Å². The number of hydrogen-bond donors (Lipinski definition) is 2. The molecule has 0 unspecified atom stereocenters. The van der Waals surface area contributed by atoms with E-state index in [0.717, 1.165) is 12.1 Å². The molecule has 0 aromatic heterocycles. The van der Waals surface area contributed by atoms with E-state index in [1.165, 1.54) is 0 Å². The molecule has 2 N–H and O–H groups in total. The number of phenolic OH excluding ortho intramolecular Hbond substituents is 1. The minimum absolute atomic E-state index is 0.280. The predicted molar refractivity (Wildman–Crippen MR) is 51.7 cm³/mol. The number of aromatic hydroxyl groups is 1. The molecular formula is C10H9FN2O2. The molecule has 0 saturated heterocycles. The minimum Gasteiger partial charge on any atom is -0.505 e. The Balaban J connectivity index is 2.92. The number of aryl methyl sites for hydroxylation is 1. The predicted octanol–water partition coefficient (Wildman–Crippen LogP) is 1.69. The minimum atomic E-state index is -0.745. The van der Waals surface area contributed by atoms with Crippen LogP contribution in [0.25, 0.3) is 0 Å². The van der Waals surface area contributed by atoms with Crippen molar-refractivity contribution in [1.29, 1.82) is 5.26 Å². The highest BCUT2D eigenvalue weighted by Crippen LogP contribution is 2.24. The van der Waals surface area contributed by atoms with E-state index in [-0.39, 0.29) is 6.42 Å². The third kappa shape index (κ3) is 2.68. The molecule has 0 aliphatic rings. The summed E-state index contributed by atoms with van der Waals surface area (Å²) in [7, 11) is 0. The molecule has 0 bridgehead atoms. The number of carbonyl (C=O) groups excluding carboxylic acids is 1. The summed E-state index contributed by atoms with van der Waals surface area (Å²) >= 11 is 0. The molecule has 1 aromatic carbocycles. The van der Waals surface area contributed by atoms with Crippen molar-refractivity contribution in [2.45, 2.75) is 13.3 Å². The number of nitriles is 1. The first kappa shape index (κ1) is 11.0. The van der Waals surface area contributed by atoms with Crippen LogP contribution in [0.3, 0.4) is 0 Å². The summed E-state index contributed by atoms with van der Waals surface area (Å²) < 4.78 is 12.8. The second kappa shape index (κ2) is 4.42. The molecule has 0 radical (unpaired) electrons. The van der Waals surface area contributed by atoms with E-state index in [1.807, 2.05) is 0 Å². The third-order valence-corrected chi connectivity index (χ3v) is 1.81. The van der Waals surface area contributed by atoms with Gasteiger partial charge < -0.3 is 10.4 Å². The van der Waals surface area contributed by atoms with Crippen LogP contribution in [0.2, 0.25) is 0 Å². The fourth-order valence-corrected chi connectivity index (χ4v) is 1.06. The molecule has 5 heteroatoms. The maximum absolute atomic E-state index is 12.8. The van der Waals surface area contributed by atoms with Crippen LogP contribution in [0.4, 0.5) is 10.1 Å². The van der Waals surface area contributed by atoms with Gasteiger partial charge in [-0.15, -0.1) is 0 Å². The van der Waals surface area contributed by atoms with Crippen LogP contribution in [-0.4, -0.2) is 11.0 Å². The van der Waals surface area contributed by atoms with Crippen LogP contribution in [0.5, 0.6) is 5.75 Å². The van der Waals surface area contributed by atoms with Gasteiger partial charge in [-0.2, -0.15) is 5.26 Å². The summed E-state index contributed by atoms with van der Waals surface area (Å²) in [5, 5.41) is 19.7. The number of phenols is 1. The summed E-state index contributed by atoms with van der Waals surface area (Å²) in [4.78, 5) is 11.1. The standard InChI is InChI=1S/C10H9FN2O2/c1-6-4-7(11)9(14)5-8(6)13-10(15)2-3-12/h4-5,14H,2H2,1H3,(H,13,15). The van der Waals surface area contributed by atoms with Crippen molar-refractivity contribution in [2.75, 3.05) is 5.32 Å². The lowest BCUT2D eigenvalue weighted by Crippen LogP contribution is -2.11. The first-order chi connectivity index (χ1) is 7.04. The summed E-state index contributed by atoms with van der Waals surface area (Å²) in [5.41, 5.74) is 0.783. The first-order valence-electron chi connectivity index (χ1n) is 4.20. The fraction of sp³-hybridized carbons (Fsp3) is 0.200. The second-order valence-corrected chi connectivity index (χ2v) is 3.00. The molecular weight excluding hydrogens is 199 g/mol. The SMILES string of the molecule is Cc1cc(F)c(O)cc1NC(=O)CC#N. The number of nitrogens with one attached hydrogen (secondary N) is 1. The van der Waals surface area contributed by atoms with Crippen molar-refractivity contribution < 1.29 is 14.3 Å². The number of anilines is 1. The maximum Gasteiger partial charge on any atom is 0.238 e. The van der Waals surface area contributed by atoms with Crippen LogP contribution in [-0.2, 0) is 4.79 Å². The van der Waals surface area contributed by atoms with Crippen LogP contribution < -0.4 is 5.32 Å². The van der Waals surface area contributed by atoms with E-state index in [4.69, 9.17) is 10.4 Å². The van der Waals surface area contributed by atoms with E-state index in [2.05, 4.69) is 5.32 Å². The van der Waals surface area contributed by atoms with Crippen molar-refractivity contribution in [3.8, 4) is 11.8 Å². The largest absolute Gasteiger partial charge is 0.505 e. The Morgan fingerprint density at radius 3 is 2.93 bits per heavy atom. The average Bonchev–Trinajstić information content (AvgIpc) is 2.14. The van der Waals surface area contributed by atoms with Crippen molar-refractivity contribution in [1.82, 2.24) is 0 Å². The quantitative estimate of drug-likeness (QED) is 0.776. The Bertz CT molecular complexity index is 438. The van der Waals surface area contributed by atoms with Crippen LogP contribution in [0.15, 0.2) is 12.1 Å². The summed E-state index contributed by atoms with van der Waals surface area (Å²) in [6.45, 7) is 1.59. The van der Waals surface area contributed by atoms with Gasteiger partial charge in [0.15, 0.2) is 11.6 Å². The Morgan fingerprint density at radius 2 is 2.33 bits per heavy atom. The Labute approximate surface area is 86.0 Å². The van der Waals surface area contributed by atoms with Crippen molar-refractivity contribution in [3.63, 3.8) is 0 Å². The highest BCUT2D eigenvalue weighted by Gasteiger charge is 2.08. The molecule has 0 spiro atoms.